The Balaban J connectivity index is 4.65. The van der Waals surface area contributed by atoms with Crippen LogP contribution in [0.3, 0.4) is 0 Å². The SMILES string of the molecule is CCCCCCC(C)(C(=O)O)N(CC)C(C)=O. The molecule has 1 N–H and O–H groups in total. The molecule has 1 unspecified atom stereocenters. The van der Waals surface area contributed by atoms with E-state index in [1.54, 1.807) is 6.92 Å². The van der Waals surface area contributed by atoms with Gasteiger partial charge in [-0.3, -0.25) is 4.79 Å². The van der Waals surface area contributed by atoms with Gasteiger partial charge < -0.3 is 10.0 Å². The monoisotopic (exact) mass is 243 g/mol. The van der Waals surface area contributed by atoms with Crippen molar-refractivity contribution in [2.24, 2.45) is 0 Å². The number of rotatable bonds is 8. The number of nitrogens with zero attached hydrogens (tertiary/aromatic N) is 1. The van der Waals surface area contributed by atoms with Crippen molar-refractivity contribution >= 4 is 11.9 Å². The Hall–Kier alpha value is -1.06. The Labute approximate surface area is 104 Å². The van der Waals surface area contributed by atoms with Crippen molar-refractivity contribution in [1.29, 1.82) is 0 Å². The molecule has 0 radical (unpaired) electrons. The molecule has 0 rings (SSSR count). The highest BCUT2D eigenvalue weighted by Gasteiger charge is 2.39. The molecule has 4 heteroatoms. The van der Waals surface area contributed by atoms with Crippen LogP contribution in [-0.2, 0) is 9.59 Å². The molecule has 0 spiro atoms. The zero-order valence-corrected chi connectivity index (χ0v) is 11.5. The molecule has 100 valence electrons. The van der Waals surface area contributed by atoms with Crippen molar-refractivity contribution in [1.82, 2.24) is 4.90 Å². The largest absolute Gasteiger partial charge is 0.480 e. The number of carbonyl (C=O) groups is 2. The molecule has 17 heavy (non-hydrogen) atoms. The number of amides is 1. The lowest BCUT2D eigenvalue weighted by molar-refractivity contribution is -0.157. The van der Waals surface area contributed by atoms with Gasteiger partial charge in [0.05, 0.1) is 0 Å². The quantitative estimate of drug-likeness (QED) is 0.667. The fourth-order valence-electron chi connectivity index (χ4n) is 2.17. The average molecular weight is 243 g/mol. The predicted molar refractivity (Wildman–Crippen MR) is 67.9 cm³/mol. The van der Waals surface area contributed by atoms with Crippen molar-refractivity contribution < 1.29 is 14.7 Å². The van der Waals surface area contributed by atoms with Crippen molar-refractivity contribution in [2.75, 3.05) is 6.54 Å². The smallest absolute Gasteiger partial charge is 0.329 e. The van der Waals surface area contributed by atoms with Gasteiger partial charge in [-0.25, -0.2) is 4.79 Å². The third kappa shape index (κ3) is 4.36. The molecule has 0 aliphatic heterocycles. The fourth-order valence-corrected chi connectivity index (χ4v) is 2.17. The van der Waals surface area contributed by atoms with Crippen LogP contribution in [0.2, 0.25) is 0 Å². The van der Waals surface area contributed by atoms with Gasteiger partial charge in [0.1, 0.15) is 5.54 Å². The first-order valence-corrected chi connectivity index (χ1v) is 6.41. The van der Waals surface area contributed by atoms with E-state index in [9.17, 15) is 14.7 Å². The van der Waals surface area contributed by atoms with Gasteiger partial charge in [0.15, 0.2) is 0 Å². The maximum atomic E-state index is 11.5. The van der Waals surface area contributed by atoms with E-state index in [-0.39, 0.29) is 5.91 Å². The number of hydrogen-bond acceptors (Lipinski definition) is 2. The molecule has 0 saturated carbocycles. The summed E-state index contributed by atoms with van der Waals surface area (Å²) in [6.07, 6.45) is 4.63. The lowest BCUT2D eigenvalue weighted by Crippen LogP contribution is -2.54. The second-order valence-electron chi connectivity index (χ2n) is 4.65. The van der Waals surface area contributed by atoms with Gasteiger partial charge >= 0.3 is 5.97 Å². The fraction of sp³-hybridized carbons (Fsp3) is 0.846. The number of hydrogen-bond donors (Lipinski definition) is 1. The van der Waals surface area contributed by atoms with Crippen LogP contribution in [0.1, 0.15) is 59.8 Å². The van der Waals surface area contributed by atoms with E-state index in [0.717, 1.165) is 25.7 Å². The van der Waals surface area contributed by atoms with Crippen LogP contribution in [0, 0.1) is 0 Å². The minimum Gasteiger partial charge on any atom is -0.480 e. The zero-order valence-electron chi connectivity index (χ0n) is 11.5. The first-order chi connectivity index (χ1) is 7.90. The molecule has 1 atom stereocenters. The van der Waals surface area contributed by atoms with E-state index in [1.807, 2.05) is 6.92 Å². The minimum absolute atomic E-state index is 0.173. The van der Waals surface area contributed by atoms with E-state index in [1.165, 1.54) is 11.8 Å². The summed E-state index contributed by atoms with van der Waals surface area (Å²) in [4.78, 5) is 24.3. The highest BCUT2D eigenvalue weighted by atomic mass is 16.4. The molecule has 4 nitrogen and oxygen atoms in total. The first-order valence-electron chi connectivity index (χ1n) is 6.41. The second-order valence-corrected chi connectivity index (χ2v) is 4.65. The summed E-state index contributed by atoms with van der Waals surface area (Å²) >= 11 is 0. The zero-order chi connectivity index (χ0) is 13.5. The molecule has 0 aliphatic carbocycles. The van der Waals surface area contributed by atoms with Crippen LogP contribution in [0.4, 0.5) is 0 Å². The summed E-state index contributed by atoms with van der Waals surface area (Å²) in [7, 11) is 0. The molecule has 0 fully saturated rings. The lowest BCUT2D eigenvalue weighted by atomic mass is 9.92. The summed E-state index contributed by atoms with van der Waals surface area (Å²) in [6, 6.07) is 0. The Morgan fingerprint density at radius 2 is 1.76 bits per heavy atom. The van der Waals surface area contributed by atoms with Gasteiger partial charge in [-0.1, -0.05) is 32.6 Å². The van der Waals surface area contributed by atoms with Gasteiger partial charge in [-0.15, -0.1) is 0 Å². The number of carbonyl (C=O) groups excluding carboxylic acids is 1. The Kier molecular flexibility index (Phi) is 6.85. The third-order valence-corrected chi connectivity index (χ3v) is 3.27. The van der Waals surface area contributed by atoms with Gasteiger partial charge in [0.25, 0.3) is 0 Å². The Morgan fingerprint density at radius 3 is 2.12 bits per heavy atom. The molecule has 0 heterocycles. The van der Waals surface area contributed by atoms with Crippen molar-refractivity contribution in [3.05, 3.63) is 0 Å². The van der Waals surface area contributed by atoms with Crippen LogP contribution < -0.4 is 0 Å². The topological polar surface area (TPSA) is 57.6 Å². The number of likely N-dealkylation sites (N-methyl/N-ethyl adjacent to an activating group) is 1. The lowest BCUT2D eigenvalue weighted by Gasteiger charge is -2.36. The average Bonchev–Trinajstić information content (AvgIpc) is 2.24. The minimum atomic E-state index is -1.06. The van der Waals surface area contributed by atoms with E-state index in [2.05, 4.69) is 6.92 Å². The van der Waals surface area contributed by atoms with E-state index >= 15 is 0 Å². The molecule has 0 aromatic heterocycles. The first kappa shape index (κ1) is 15.9. The number of carboxylic acids is 1. The molecule has 1 amide bonds. The summed E-state index contributed by atoms with van der Waals surface area (Å²) in [6.45, 7) is 7.44. The standard InChI is InChI=1S/C13H25NO3/c1-5-7-8-9-10-13(4,12(16)17)14(6-2)11(3)15/h5-10H2,1-4H3,(H,16,17). The highest BCUT2D eigenvalue weighted by molar-refractivity contribution is 5.85. The number of aliphatic carboxylic acids is 1. The van der Waals surface area contributed by atoms with Gasteiger partial charge in [0, 0.05) is 13.5 Å². The normalized spacial score (nSPS) is 14.1. The predicted octanol–water partition coefficient (Wildman–Crippen LogP) is 2.67. The Bertz CT molecular complexity index is 265. The summed E-state index contributed by atoms with van der Waals surface area (Å²) in [5.74, 6) is -1.08. The Morgan fingerprint density at radius 1 is 1.18 bits per heavy atom. The van der Waals surface area contributed by atoms with E-state index in [0.29, 0.717) is 13.0 Å². The summed E-state index contributed by atoms with van der Waals surface area (Å²) < 4.78 is 0. The molecule has 0 bridgehead atoms. The van der Waals surface area contributed by atoms with E-state index < -0.39 is 11.5 Å². The van der Waals surface area contributed by atoms with E-state index in [4.69, 9.17) is 0 Å². The van der Waals surface area contributed by atoms with Gasteiger partial charge in [-0.05, 0) is 20.3 Å². The maximum absolute atomic E-state index is 11.5. The van der Waals surface area contributed by atoms with Crippen molar-refractivity contribution in [3.8, 4) is 0 Å². The van der Waals surface area contributed by atoms with Crippen LogP contribution in [0.15, 0.2) is 0 Å². The molecule has 0 aliphatic rings. The summed E-state index contributed by atoms with van der Waals surface area (Å²) in [5, 5.41) is 9.35. The molecule has 0 aromatic carbocycles. The van der Waals surface area contributed by atoms with Crippen LogP contribution in [0.5, 0.6) is 0 Å². The molecule has 0 saturated heterocycles. The van der Waals surface area contributed by atoms with Crippen molar-refractivity contribution in [2.45, 2.75) is 65.3 Å². The van der Waals surface area contributed by atoms with Crippen LogP contribution >= 0.6 is 0 Å². The van der Waals surface area contributed by atoms with Crippen molar-refractivity contribution in [3.63, 3.8) is 0 Å². The second kappa shape index (κ2) is 7.30. The van der Waals surface area contributed by atoms with Crippen LogP contribution in [-0.4, -0.2) is 34.0 Å². The number of unbranched alkanes of at least 4 members (excludes halogenated alkanes) is 3. The molecular formula is C13H25NO3. The number of carboxylic acid groups (broad SMARTS) is 1. The summed E-state index contributed by atoms with van der Waals surface area (Å²) in [5.41, 5.74) is -1.06. The maximum Gasteiger partial charge on any atom is 0.329 e. The highest BCUT2D eigenvalue weighted by Crippen LogP contribution is 2.23. The van der Waals surface area contributed by atoms with Gasteiger partial charge in [-0.2, -0.15) is 0 Å². The molecule has 0 aromatic rings. The van der Waals surface area contributed by atoms with Gasteiger partial charge in [0.2, 0.25) is 5.91 Å². The molecular weight excluding hydrogens is 218 g/mol. The van der Waals surface area contributed by atoms with Crippen LogP contribution in [0.25, 0.3) is 0 Å². The third-order valence-electron chi connectivity index (χ3n) is 3.27.